The van der Waals surface area contributed by atoms with Gasteiger partial charge in [0.2, 0.25) is 0 Å². The number of benzene rings is 2. The minimum Gasteiger partial charge on any atom is -0.478 e. The Bertz CT molecular complexity index is 1060. The van der Waals surface area contributed by atoms with E-state index >= 15 is 0 Å². The molecular formula is C18H11ClF4N2O2. The number of nitrogens with zero attached hydrogens (tertiary/aromatic N) is 2. The topological polar surface area (TPSA) is 55.1 Å². The van der Waals surface area contributed by atoms with Gasteiger partial charge in [0.1, 0.15) is 5.82 Å². The van der Waals surface area contributed by atoms with Crippen LogP contribution >= 0.6 is 11.6 Å². The lowest BCUT2D eigenvalue weighted by Gasteiger charge is -2.08. The Morgan fingerprint density at radius 1 is 1.22 bits per heavy atom. The van der Waals surface area contributed by atoms with Crippen molar-refractivity contribution >= 4 is 34.5 Å². The average Bonchev–Trinajstić information content (AvgIpc) is 2.92. The molecule has 0 spiro atoms. The highest BCUT2D eigenvalue weighted by Crippen LogP contribution is 2.33. The standard InChI is InChI=1S/C18H11ClF4N2O2/c19-14-8-12(20)3-1-10(14)9-25-16-5-2-11(18(21,22)23)7-13(16)15(24-25)4-6-17(26)27/h1-8H,9H2,(H,26,27). The first kappa shape index (κ1) is 18.9. The van der Waals surface area contributed by atoms with Crippen LogP contribution in [-0.4, -0.2) is 20.9 Å². The first-order valence-electron chi connectivity index (χ1n) is 7.58. The fourth-order valence-corrected chi connectivity index (χ4v) is 2.81. The van der Waals surface area contributed by atoms with Crippen LogP contribution in [0.1, 0.15) is 16.8 Å². The van der Waals surface area contributed by atoms with E-state index in [1.807, 2.05) is 0 Å². The summed E-state index contributed by atoms with van der Waals surface area (Å²) in [5, 5.41) is 13.3. The lowest BCUT2D eigenvalue weighted by molar-refractivity contribution is -0.137. The molecule has 0 unspecified atom stereocenters. The predicted octanol–water partition coefficient (Wildman–Crippen LogP) is 4.99. The van der Waals surface area contributed by atoms with Gasteiger partial charge in [-0.1, -0.05) is 17.7 Å². The van der Waals surface area contributed by atoms with Crippen LogP contribution in [0, 0.1) is 5.82 Å². The quantitative estimate of drug-likeness (QED) is 0.497. The second-order valence-corrected chi connectivity index (χ2v) is 6.09. The molecular weight excluding hydrogens is 388 g/mol. The number of aliphatic carboxylic acids is 1. The maximum atomic E-state index is 13.2. The van der Waals surface area contributed by atoms with E-state index in [2.05, 4.69) is 5.10 Å². The number of hydrogen-bond acceptors (Lipinski definition) is 2. The Labute approximate surface area is 155 Å². The van der Waals surface area contributed by atoms with Crippen molar-refractivity contribution in [1.82, 2.24) is 9.78 Å². The molecule has 9 heteroatoms. The molecule has 1 heterocycles. The molecule has 0 aliphatic rings. The third-order valence-corrected chi connectivity index (χ3v) is 4.18. The van der Waals surface area contributed by atoms with Crippen LogP contribution in [0.2, 0.25) is 5.02 Å². The second-order valence-electron chi connectivity index (χ2n) is 5.68. The second kappa shape index (κ2) is 7.03. The van der Waals surface area contributed by atoms with E-state index in [4.69, 9.17) is 16.7 Å². The Morgan fingerprint density at radius 3 is 2.59 bits per heavy atom. The number of aromatic nitrogens is 2. The van der Waals surface area contributed by atoms with Crippen molar-refractivity contribution < 1.29 is 27.5 Å². The normalized spacial score (nSPS) is 12.2. The van der Waals surface area contributed by atoms with Gasteiger partial charge in [-0.25, -0.2) is 9.18 Å². The zero-order valence-electron chi connectivity index (χ0n) is 13.5. The molecule has 1 N–H and O–H groups in total. The number of rotatable bonds is 4. The smallest absolute Gasteiger partial charge is 0.416 e. The van der Waals surface area contributed by atoms with Crippen LogP contribution in [0.25, 0.3) is 17.0 Å². The molecule has 3 rings (SSSR count). The highest BCUT2D eigenvalue weighted by Gasteiger charge is 2.31. The van der Waals surface area contributed by atoms with Gasteiger partial charge in [-0.3, -0.25) is 4.68 Å². The molecule has 0 amide bonds. The monoisotopic (exact) mass is 398 g/mol. The maximum Gasteiger partial charge on any atom is 0.416 e. The third kappa shape index (κ3) is 4.11. The van der Waals surface area contributed by atoms with Gasteiger partial charge in [-0.2, -0.15) is 18.3 Å². The van der Waals surface area contributed by atoms with Gasteiger partial charge < -0.3 is 5.11 Å². The lowest BCUT2D eigenvalue weighted by Crippen LogP contribution is -2.05. The van der Waals surface area contributed by atoms with Crippen LogP contribution in [0.5, 0.6) is 0 Å². The minimum absolute atomic E-state index is 0.0664. The predicted molar refractivity (Wildman–Crippen MR) is 91.9 cm³/mol. The Kier molecular flexibility index (Phi) is 4.93. The van der Waals surface area contributed by atoms with E-state index in [-0.39, 0.29) is 22.6 Å². The molecule has 0 aliphatic carbocycles. The van der Waals surface area contributed by atoms with E-state index in [1.165, 1.54) is 22.9 Å². The molecule has 0 bridgehead atoms. The van der Waals surface area contributed by atoms with E-state index < -0.39 is 23.5 Å². The Hall–Kier alpha value is -2.87. The van der Waals surface area contributed by atoms with Gasteiger partial charge in [0.25, 0.3) is 0 Å². The number of carboxylic acid groups (broad SMARTS) is 1. The molecule has 0 saturated carbocycles. The van der Waals surface area contributed by atoms with Crippen LogP contribution in [-0.2, 0) is 17.5 Å². The highest BCUT2D eigenvalue weighted by atomic mass is 35.5. The van der Waals surface area contributed by atoms with Crippen molar-refractivity contribution in [1.29, 1.82) is 0 Å². The number of hydrogen-bond donors (Lipinski definition) is 1. The number of halogens is 5. The maximum absolute atomic E-state index is 13.2. The summed E-state index contributed by atoms with van der Waals surface area (Å²) in [4.78, 5) is 10.8. The largest absolute Gasteiger partial charge is 0.478 e. The van der Waals surface area contributed by atoms with Crippen LogP contribution in [0.15, 0.2) is 42.5 Å². The molecule has 27 heavy (non-hydrogen) atoms. The summed E-state index contributed by atoms with van der Waals surface area (Å²) in [5.74, 6) is -1.78. The van der Waals surface area contributed by atoms with Crippen molar-refractivity contribution in [3.8, 4) is 0 Å². The van der Waals surface area contributed by atoms with Crippen molar-refractivity contribution in [2.45, 2.75) is 12.7 Å². The van der Waals surface area contributed by atoms with Crippen molar-refractivity contribution in [3.63, 3.8) is 0 Å². The van der Waals surface area contributed by atoms with Gasteiger partial charge in [-0.05, 0) is 42.0 Å². The van der Waals surface area contributed by atoms with Crippen molar-refractivity contribution in [2.75, 3.05) is 0 Å². The van der Waals surface area contributed by atoms with Gasteiger partial charge in [0.15, 0.2) is 0 Å². The number of fused-ring (bicyclic) bond motifs is 1. The SMILES string of the molecule is O=C(O)C=Cc1nn(Cc2ccc(F)cc2Cl)c2ccc(C(F)(F)F)cc12. The fraction of sp³-hybridized carbons (Fsp3) is 0.111. The molecule has 0 radical (unpaired) electrons. The van der Waals surface area contributed by atoms with Crippen molar-refractivity contribution in [2.24, 2.45) is 0 Å². The van der Waals surface area contributed by atoms with Gasteiger partial charge in [0.05, 0.1) is 23.3 Å². The third-order valence-electron chi connectivity index (χ3n) is 3.83. The average molecular weight is 399 g/mol. The van der Waals surface area contributed by atoms with Crippen LogP contribution < -0.4 is 0 Å². The molecule has 0 saturated heterocycles. The van der Waals surface area contributed by atoms with E-state index in [1.54, 1.807) is 0 Å². The number of alkyl halides is 3. The van der Waals surface area contributed by atoms with Gasteiger partial charge in [-0.15, -0.1) is 0 Å². The van der Waals surface area contributed by atoms with Gasteiger partial charge >= 0.3 is 12.1 Å². The molecule has 3 aromatic rings. The Morgan fingerprint density at radius 2 is 1.96 bits per heavy atom. The zero-order chi connectivity index (χ0) is 19.8. The summed E-state index contributed by atoms with van der Waals surface area (Å²) in [6.45, 7) is 0.0713. The molecule has 0 fully saturated rings. The molecule has 140 valence electrons. The fourth-order valence-electron chi connectivity index (χ4n) is 2.59. The number of carboxylic acids is 1. The van der Waals surface area contributed by atoms with Crippen molar-refractivity contribution in [3.05, 3.63) is 70.1 Å². The van der Waals surface area contributed by atoms with Crippen LogP contribution in [0.3, 0.4) is 0 Å². The summed E-state index contributed by atoms with van der Waals surface area (Å²) < 4.78 is 53.6. The Balaban J connectivity index is 2.13. The summed E-state index contributed by atoms with van der Waals surface area (Å²) in [6, 6.07) is 6.85. The summed E-state index contributed by atoms with van der Waals surface area (Å²) in [7, 11) is 0. The van der Waals surface area contributed by atoms with E-state index in [0.29, 0.717) is 11.1 Å². The number of carbonyl (C=O) groups is 1. The zero-order valence-corrected chi connectivity index (χ0v) is 14.2. The highest BCUT2D eigenvalue weighted by molar-refractivity contribution is 6.31. The minimum atomic E-state index is -4.55. The molecule has 0 atom stereocenters. The van der Waals surface area contributed by atoms with E-state index in [9.17, 15) is 22.4 Å². The summed E-state index contributed by atoms with van der Waals surface area (Å²) in [5.41, 5.74) is 0.0561. The van der Waals surface area contributed by atoms with E-state index in [0.717, 1.165) is 30.4 Å². The molecule has 4 nitrogen and oxygen atoms in total. The summed E-state index contributed by atoms with van der Waals surface area (Å²) >= 11 is 6.00. The molecule has 1 aromatic heterocycles. The lowest BCUT2D eigenvalue weighted by atomic mass is 10.1. The summed E-state index contributed by atoms with van der Waals surface area (Å²) in [6.07, 6.45) is -2.64. The van der Waals surface area contributed by atoms with Gasteiger partial charge in [0, 0.05) is 16.5 Å². The van der Waals surface area contributed by atoms with Crippen LogP contribution in [0.4, 0.5) is 17.6 Å². The first-order chi connectivity index (χ1) is 12.6. The molecule has 2 aromatic carbocycles. The first-order valence-corrected chi connectivity index (χ1v) is 7.95. The molecule has 0 aliphatic heterocycles.